The third kappa shape index (κ3) is 3.73. The lowest BCUT2D eigenvalue weighted by atomic mass is 9.98. The van der Waals surface area contributed by atoms with E-state index in [1.807, 2.05) is 6.07 Å². The first-order valence-electron chi connectivity index (χ1n) is 8.25. The van der Waals surface area contributed by atoms with Crippen LogP contribution in [0.1, 0.15) is 43.2 Å². The van der Waals surface area contributed by atoms with Crippen LogP contribution < -0.4 is 15.8 Å². The summed E-state index contributed by atoms with van der Waals surface area (Å²) in [7, 11) is 0. The van der Waals surface area contributed by atoms with E-state index in [9.17, 15) is 0 Å². The van der Waals surface area contributed by atoms with E-state index < -0.39 is 0 Å². The largest absolute Gasteiger partial charge is 0.473 e. The Labute approximate surface area is 137 Å². The van der Waals surface area contributed by atoms with Crippen molar-refractivity contribution in [3.63, 3.8) is 0 Å². The van der Waals surface area contributed by atoms with Crippen molar-refractivity contribution in [2.45, 2.75) is 52.1 Å². The van der Waals surface area contributed by atoms with E-state index in [0.717, 1.165) is 18.5 Å². The van der Waals surface area contributed by atoms with Crippen molar-refractivity contribution in [3.8, 4) is 5.88 Å². The highest BCUT2D eigenvalue weighted by atomic mass is 16.5. The Bertz CT molecular complexity index is 681. The summed E-state index contributed by atoms with van der Waals surface area (Å²) in [6, 6.07) is 6.18. The normalized spacial score (nSPS) is 15.4. The van der Waals surface area contributed by atoms with Gasteiger partial charge in [-0.1, -0.05) is 12.5 Å². The molecular weight excluding hydrogens is 288 g/mol. The van der Waals surface area contributed by atoms with Crippen LogP contribution in [-0.2, 0) is 0 Å². The van der Waals surface area contributed by atoms with Crippen molar-refractivity contribution in [3.05, 3.63) is 35.7 Å². The maximum atomic E-state index is 6.20. The van der Waals surface area contributed by atoms with Crippen LogP contribution in [0.2, 0.25) is 0 Å². The summed E-state index contributed by atoms with van der Waals surface area (Å²) in [5.41, 5.74) is 10.1. The molecule has 5 heteroatoms. The van der Waals surface area contributed by atoms with Gasteiger partial charge in [-0.15, -0.1) is 0 Å². The van der Waals surface area contributed by atoms with Crippen LogP contribution >= 0.6 is 0 Å². The lowest BCUT2D eigenvalue weighted by Crippen LogP contribution is -2.21. The Kier molecular flexibility index (Phi) is 4.65. The molecule has 0 unspecified atom stereocenters. The summed E-state index contributed by atoms with van der Waals surface area (Å²) in [6.07, 6.45) is 7.58. The van der Waals surface area contributed by atoms with E-state index >= 15 is 0 Å². The second-order valence-electron chi connectivity index (χ2n) is 6.24. The topological polar surface area (TPSA) is 73.1 Å². The van der Waals surface area contributed by atoms with E-state index in [2.05, 4.69) is 41.3 Å². The van der Waals surface area contributed by atoms with Crippen LogP contribution in [0.3, 0.4) is 0 Å². The molecule has 1 fully saturated rings. The zero-order valence-corrected chi connectivity index (χ0v) is 13.8. The van der Waals surface area contributed by atoms with Crippen LogP contribution in [-0.4, -0.2) is 16.1 Å². The number of nitrogens with zero attached hydrogens (tertiary/aromatic N) is 2. The average Bonchev–Trinajstić information content (AvgIpc) is 2.56. The van der Waals surface area contributed by atoms with Crippen molar-refractivity contribution >= 4 is 17.2 Å². The molecule has 1 aliphatic carbocycles. The van der Waals surface area contributed by atoms with Gasteiger partial charge in [-0.05, 0) is 62.8 Å². The summed E-state index contributed by atoms with van der Waals surface area (Å²) in [5.74, 6) is 1.08. The number of hydrogen-bond acceptors (Lipinski definition) is 5. The molecule has 1 heterocycles. The SMILES string of the molecule is Cc1ccc(Nc2ncnc(OC3CCCCC3)c2N)cc1C. The number of anilines is 3. The van der Waals surface area contributed by atoms with Gasteiger partial charge in [0, 0.05) is 5.69 Å². The van der Waals surface area contributed by atoms with Crippen molar-refractivity contribution in [1.82, 2.24) is 9.97 Å². The number of nitrogens with one attached hydrogen (secondary N) is 1. The zero-order chi connectivity index (χ0) is 16.2. The molecule has 0 saturated heterocycles. The second-order valence-corrected chi connectivity index (χ2v) is 6.24. The molecule has 0 amide bonds. The Morgan fingerprint density at radius 2 is 1.87 bits per heavy atom. The number of hydrogen-bond donors (Lipinski definition) is 2. The smallest absolute Gasteiger partial charge is 0.242 e. The average molecular weight is 312 g/mol. The predicted octanol–water partition coefficient (Wildman–Crippen LogP) is 4.13. The summed E-state index contributed by atoms with van der Waals surface area (Å²) >= 11 is 0. The lowest BCUT2D eigenvalue weighted by Gasteiger charge is -2.23. The minimum atomic E-state index is 0.218. The summed E-state index contributed by atoms with van der Waals surface area (Å²) < 4.78 is 5.99. The van der Waals surface area contributed by atoms with E-state index in [-0.39, 0.29) is 6.10 Å². The number of nitrogens with two attached hydrogens (primary N) is 1. The van der Waals surface area contributed by atoms with Gasteiger partial charge in [0.15, 0.2) is 5.82 Å². The first-order chi connectivity index (χ1) is 11.1. The maximum absolute atomic E-state index is 6.20. The molecule has 0 bridgehead atoms. The molecule has 122 valence electrons. The minimum Gasteiger partial charge on any atom is -0.473 e. The molecule has 1 aromatic heterocycles. The molecule has 1 aromatic carbocycles. The highest BCUT2D eigenvalue weighted by Gasteiger charge is 2.18. The van der Waals surface area contributed by atoms with E-state index in [1.165, 1.54) is 36.7 Å². The van der Waals surface area contributed by atoms with Gasteiger partial charge in [-0.2, -0.15) is 4.98 Å². The molecule has 1 saturated carbocycles. The summed E-state index contributed by atoms with van der Waals surface area (Å²) in [4.78, 5) is 8.46. The molecule has 0 aliphatic heterocycles. The third-order valence-electron chi connectivity index (χ3n) is 4.45. The molecule has 0 radical (unpaired) electrons. The number of benzene rings is 1. The number of ether oxygens (including phenoxy) is 1. The van der Waals surface area contributed by atoms with Crippen LogP contribution in [0, 0.1) is 13.8 Å². The first-order valence-corrected chi connectivity index (χ1v) is 8.25. The molecule has 0 spiro atoms. The maximum Gasteiger partial charge on any atom is 0.242 e. The Morgan fingerprint density at radius 1 is 1.09 bits per heavy atom. The number of rotatable bonds is 4. The van der Waals surface area contributed by atoms with Crippen molar-refractivity contribution in [2.24, 2.45) is 0 Å². The number of nitrogen functional groups attached to an aromatic ring is 1. The molecule has 3 N–H and O–H groups in total. The monoisotopic (exact) mass is 312 g/mol. The molecule has 1 aliphatic rings. The number of aryl methyl sites for hydroxylation is 2. The van der Waals surface area contributed by atoms with Gasteiger partial charge in [0.1, 0.15) is 18.1 Å². The molecule has 0 atom stereocenters. The number of aromatic nitrogens is 2. The highest BCUT2D eigenvalue weighted by molar-refractivity contribution is 5.72. The van der Waals surface area contributed by atoms with Crippen LogP contribution in [0.15, 0.2) is 24.5 Å². The zero-order valence-electron chi connectivity index (χ0n) is 13.8. The predicted molar refractivity (Wildman–Crippen MR) is 93.1 cm³/mol. The standard InChI is InChI=1S/C18H24N4O/c1-12-8-9-14(10-13(12)2)22-17-16(19)18(21-11-20-17)23-15-6-4-3-5-7-15/h8-11,15H,3-7,19H2,1-2H3,(H,20,21,22). The van der Waals surface area contributed by atoms with Crippen LogP contribution in [0.25, 0.3) is 0 Å². The van der Waals surface area contributed by atoms with E-state index in [4.69, 9.17) is 10.5 Å². The van der Waals surface area contributed by atoms with Crippen molar-refractivity contribution < 1.29 is 4.74 Å². The van der Waals surface area contributed by atoms with Gasteiger partial charge in [0.2, 0.25) is 5.88 Å². The fourth-order valence-electron chi connectivity index (χ4n) is 2.87. The van der Waals surface area contributed by atoms with E-state index in [0.29, 0.717) is 17.4 Å². The first kappa shape index (κ1) is 15.6. The minimum absolute atomic E-state index is 0.218. The van der Waals surface area contributed by atoms with Gasteiger partial charge in [-0.3, -0.25) is 0 Å². The van der Waals surface area contributed by atoms with Gasteiger partial charge in [0.05, 0.1) is 0 Å². The van der Waals surface area contributed by atoms with Gasteiger partial charge >= 0.3 is 0 Å². The van der Waals surface area contributed by atoms with Crippen LogP contribution in [0.4, 0.5) is 17.2 Å². The Morgan fingerprint density at radius 3 is 2.61 bits per heavy atom. The molecule has 3 rings (SSSR count). The Balaban J connectivity index is 1.77. The fraction of sp³-hybridized carbons (Fsp3) is 0.444. The quantitative estimate of drug-likeness (QED) is 0.888. The fourth-order valence-corrected chi connectivity index (χ4v) is 2.87. The molecule has 5 nitrogen and oxygen atoms in total. The Hall–Kier alpha value is -2.30. The van der Waals surface area contributed by atoms with Crippen molar-refractivity contribution in [1.29, 1.82) is 0 Å². The van der Waals surface area contributed by atoms with Gasteiger partial charge in [0.25, 0.3) is 0 Å². The highest BCUT2D eigenvalue weighted by Crippen LogP contribution is 2.31. The van der Waals surface area contributed by atoms with Crippen LogP contribution in [0.5, 0.6) is 5.88 Å². The third-order valence-corrected chi connectivity index (χ3v) is 4.45. The summed E-state index contributed by atoms with van der Waals surface area (Å²) in [5, 5.41) is 3.26. The van der Waals surface area contributed by atoms with Gasteiger partial charge in [-0.25, -0.2) is 4.98 Å². The lowest BCUT2D eigenvalue weighted by molar-refractivity contribution is 0.149. The summed E-state index contributed by atoms with van der Waals surface area (Å²) in [6.45, 7) is 4.18. The molecular formula is C18H24N4O. The van der Waals surface area contributed by atoms with Crippen molar-refractivity contribution in [2.75, 3.05) is 11.1 Å². The molecule has 2 aromatic rings. The second kappa shape index (κ2) is 6.86. The van der Waals surface area contributed by atoms with Gasteiger partial charge < -0.3 is 15.8 Å². The molecule has 23 heavy (non-hydrogen) atoms. The van der Waals surface area contributed by atoms with E-state index in [1.54, 1.807) is 0 Å².